The molecule has 0 aromatic heterocycles. The predicted octanol–water partition coefficient (Wildman–Crippen LogP) is 0.755. The number of morpholine rings is 1. The van der Waals surface area contributed by atoms with Gasteiger partial charge in [0.2, 0.25) is 0 Å². The molecule has 0 spiro atoms. The SMILES string of the molecule is CC.O=C(ON1C(=O)c2ccccc2C1=O)C1CNCCO1. The van der Waals surface area contributed by atoms with Crippen molar-refractivity contribution < 1.29 is 24.0 Å². The van der Waals surface area contributed by atoms with Gasteiger partial charge < -0.3 is 14.9 Å². The molecule has 1 atom stereocenters. The minimum absolute atomic E-state index is 0.230. The van der Waals surface area contributed by atoms with Crippen LogP contribution in [0.15, 0.2) is 24.3 Å². The zero-order valence-electron chi connectivity index (χ0n) is 12.5. The minimum Gasteiger partial charge on any atom is -0.364 e. The Bertz CT molecular complexity index is 546. The molecule has 0 aliphatic carbocycles. The second kappa shape index (κ2) is 7.15. The Morgan fingerprint density at radius 2 is 1.82 bits per heavy atom. The first kappa shape index (κ1) is 16.1. The molecule has 0 saturated carbocycles. The van der Waals surface area contributed by atoms with Crippen LogP contribution in [0.2, 0.25) is 0 Å². The molecule has 2 aliphatic heterocycles. The summed E-state index contributed by atoms with van der Waals surface area (Å²) in [6.45, 7) is 5.32. The maximum absolute atomic E-state index is 12.0. The second-order valence-electron chi connectivity index (χ2n) is 4.42. The molecule has 22 heavy (non-hydrogen) atoms. The average Bonchev–Trinajstić information content (AvgIpc) is 2.83. The number of nitrogens with one attached hydrogen (secondary N) is 1. The first-order valence-electron chi connectivity index (χ1n) is 7.20. The molecule has 0 bridgehead atoms. The molecule has 7 nitrogen and oxygen atoms in total. The number of amides is 2. The summed E-state index contributed by atoms with van der Waals surface area (Å²) in [4.78, 5) is 40.7. The molecule has 2 amide bonds. The lowest BCUT2D eigenvalue weighted by atomic mass is 10.1. The average molecular weight is 306 g/mol. The second-order valence-corrected chi connectivity index (χ2v) is 4.42. The molecule has 118 valence electrons. The van der Waals surface area contributed by atoms with E-state index in [1.807, 2.05) is 13.8 Å². The lowest BCUT2D eigenvalue weighted by molar-refractivity contribution is -0.183. The largest absolute Gasteiger partial charge is 0.364 e. The van der Waals surface area contributed by atoms with Crippen molar-refractivity contribution in [3.8, 4) is 0 Å². The van der Waals surface area contributed by atoms with Crippen molar-refractivity contribution in [1.82, 2.24) is 10.4 Å². The molecule has 3 rings (SSSR count). The van der Waals surface area contributed by atoms with E-state index in [9.17, 15) is 14.4 Å². The molecule has 1 fully saturated rings. The lowest BCUT2D eigenvalue weighted by Crippen LogP contribution is -2.46. The molecule has 7 heteroatoms. The summed E-state index contributed by atoms with van der Waals surface area (Å²) in [5.74, 6) is -2.03. The molecule has 2 heterocycles. The zero-order valence-corrected chi connectivity index (χ0v) is 12.5. The van der Waals surface area contributed by atoms with Gasteiger partial charge in [0.25, 0.3) is 11.8 Å². The minimum atomic E-state index is -0.812. The number of rotatable bonds is 2. The van der Waals surface area contributed by atoms with Crippen molar-refractivity contribution in [2.24, 2.45) is 0 Å². The highest BCUT2D eigenvalue weighted by Crippen LogP contribution is 2.23. The maximum Gasteiger partial charge on any atom is 0.362 e. The van der Waals surface area contributed by atoms with Crippen LogP contribution < -0.4 is 5.32 Å². The van der Waals surface area contributed by atoms with Crippen molar-refractivity contribution in [2.45, 2.75) is 20.0 Å². The molecule has 1 aromatic carbocycles. The molecular weight excluding hydrogens is 288 g/mol. The topological polar surface area (TPSA) is 84.9 Å². The van der Waals surface area contributed by atoms with Gasteiger partial charge in [-0.2, -0.15) is 0 Å². The number of imide groups is 1. The van der Waals surface area contributed by atoms with Gasteiger partial charge in [0.15, 0.2) is 6.10 Å². The molecule has 1 saturated heterocycles. The molecule has 1 aromatic rings. The highest BCUT2D eigenvalue weighted by atomic mass is 16.7. The van der Waals surface area contributed by atoms with E-state index in [2.05, 4.69) is 5.32 Å². The fourth-order valence-electron chi connectivity index (χ4n) is 2.12. The maximum atomic E-state index is 12.0. The summed E-state index contributed by atoms with van der Waals surface area (Å²) in [6, 6.07) is 6.32. The third-order valence-corrected chi connectivity index (χ3v) is 3.13. The number of benzene rings is 1. The normalized spacial score (nSPS) is 20.1. The van der Waals surface area contributed by atoms with Crippen molar-refractivity contribution in [3.63, 3.8) is 0 Å². The third-order valence-electron chi connectivity index (χ3n) is 3.13. The van der Waals surface area contributed by atoms with E-state index in [0.717, 1.165) is 0 Å². The Hall–Kier alpha value is -2.25. The monoisotopic (exact) mass is 306 g/mol. The Balaban J connectivity index is 0.000000847. The predicted molar refractivity (Wildman–Crippen MR) is 77.0 cm³/mol. The molecular formula is C15H18N2O5. The van der Waals surface area contributed by atoms with E-state index in [1.54, 1.807) is 12.1 Å². The molecule has 1 N–H and O–H groups in total. The van der Waals surface area contributed by atoms with Crippen LogP contribution in [0.4, 0.5) is 0 Å². The number of carbonyl (C=O) groups is 3. The van der Waals surface area contributed by atoms with Crippen LogP contribution in [0.1, 0.15) is 34.6 Å². The number of nitrogens with zero attached hydrogens (tertiary/aromatic N) is 1. The number of hydroxylamine groups is 2. The van der Waals surface area contributed by atoms with Crippen LogP contribution in [0, 0.1) is 0 Å². The standard InChI is InChI=1S/C13H12N2O5.C2H6/c16-11-8-3-1-2-4-9(8)12(17)15(11)20-13(18)10-7-14-5-6-19-10;1-2/h1-4,10,14H,5-7H2;1-2H3. The Labute approximate surface area is 128 Å². The van der Waals surface area contributed by atoms with Gasteiger partial charge in [-0.3, -0.25) is 9.59 Å². The van der Waals surface area contributed by atoms with Crippen molar-refractivity contribution >= 4 is 17.8 Å². The van der Waals surface area contributed by atoms with Gasteiger partial charge in [0.1, 0.15) is 0 Å². The number of ether oxygens (including phenoxy) is 1. The van der Waals surface area contributed by atoms with Crippen molar-refractivity contribution in [3.05, 3.63) is 35.4 Å². The van der Waals surface area contributed by atoms with E-state index >= 15 is 0 Å². The van der Waals surface area contributed by atoms with Gasteiger partial charge in [0, 0.05) is 13.1 Å². The Kier molecular flexibility index (Phi) is 5.24. The van der Waals surface area contributed by atoms with Crippen LogP contribution in [-0.4, -0.2) is 48.6 Å². The van der Waals surface area contributed by atoms with E-state index in [0.29, 0.717) is 24.8 Å². The molecule has 0 radical (unpaired) electrons. The van der Waals surface area contributed by atoms with Gasteiger partial charge in [-0.1, -0.05) is 31.0 Å². The van der Waals surface area contributed by atoms with E-state index in [1.165, 1.54) is 12.1 Å². The van der Waals surface area contributed by atoms with Crippen LogP contribution in [-0.2, 0) is 14.4 Å². The lowest BCUT2D eigenvalue weighted by Gasteiger charge is -2.23. The van der Waals surface area contributed by atoms with Crippen LogP contribution in [0.25, 0.3) is 0 Å². The van der Waals surface area contributed by atoms with E-state index < -0.39 is 23.9 Å². The quantitative estimate of drug-likeness (QED) is 0.812. The van der Waals surface area contributed by atoms with Crippen LogP contribution >= 0.6 is 0 Å². The Morgan fingerprint density at radius 1 is 1.23 bits per heavy atom. The number of fused-ring (bicyclic) bond motifs is 1. The van der Waals surface area contributed by atoms with Crippen molar-refractivity contribution in [2.75, 3.05) is 19.7 Å². The highest BCUT2D eigenvalue weighted by Gasteiger charge is 2.40. The van der Waals surface area contributed by atoms with Gasteiger partial charge in [-0.05, 0) is 12.1 Å². The molecule has 1 unspecified atom stereocenters. The summed E-state index contributed by atoms with van der Waals surface area (Å²) in [5.41, 5.74) is 0.459. The highest BCUT2D eigenvalue weighted by molar-refractivity contribution is 6.20. The van der Waals surface area contributed by atoms with Crippen molar-refractivity contribution in [1.29, 1.82) is 0 Å². The smallest absolute Gasteiger partial charge is 0.362 e. The summed E-state index contributed by atoms with van der Waals surface area (Å²) >= 11 is 0. The van der Waals surface area contributed by atoms with Crippen LogP contribution in [0.3, 0.4) is 0 Å². The van der Waals surface area contributed by atoms with Gasteiger partial charge in [-0.15, -0.1) is 0 Å². The van der Waals surface area contributed by atoms with E-state index in [-0.39, 0.29) is 11.1 Å². The zero-order chi connectivity index (χ0) is 16.1. The summed E-state index contributed by atoms with van der Waals surface area (Å²) < 4.78 is 5.21. The summed E-state index contributed by atoms with van der Waals surface area (Å²) in [5, 5.41) is 3.46. The van der Waals surface area contributed by atoms with Crippen LogP contribution in [0.5, 0.6) is 0 Å². The first-order chi connectivity index (χ1) is 10.7. The first-order valence-corrected chi connectivity index (χ1v) is 7.20. The third kappa shape index (κ3) is 3.00. The van der Waals surface area contributed by atoms with Gasteiger partial charge in [0.05, 0.1) is 17.7 Å². The number of hydrogen-bond acceptors (Lipinski definition) is 6. The van der Waals surface area contributed by atoms with E-state index in [4.69, 9.17) is 9.57 Å². The Morgan fingerprint density at radius 3 is 2.32 bits per heavy atom. The summed E-state index contributed by atoms with van der Waals surface area (Å²) in [7, 11) is 0. The summed E-state index contributed by atoms with van der Waals surface area (Å²) in [6.07, 6.45) is -0.812. The van der Waals surface area contributed by atoms with Gasteiger partial charge in [-0.25, -0.2) is 4.79 Å². The fraction of sp³-hybridized carbons (Fsp3) is 0.400. The van der Waals surface area contributed by atoms with Gasteiger partial charge >= 0.3 is 5.97 Å². The number of hydrogen-bond donors (Lipinski definition) is 1. The number of carbonyl (C=O) groups excluding carboxylic acids is 3. The fourth-order valence-corrected chi connectivity index (χ4v) is 2.12. The molecule has 2 aliphatic rings.